The van der Waals surface area contributed by atoms with Gasteiger partial charge in [0.2, 0.25) is 0 Å². The molecule has 0 amide bonds. The number of phenols is 2. The molecule has 0 fully saturated rings. The van der Waals surface area contributed by atoms with Crippen molar-refractivity contribution < 1.29 is 10.2 Å². The average Bonchev–Trinajstić information content (AvgIpc) is 2.55. The Labute approximate surface area is 141 Å². The van der Waals surface area contributed by atoms with Gasteiger partial charge in [0.05, 0.1) is 10.7 Å². The molecule has 1 unspecified atom stereocenters. The van der Waals surface area contributed by atoms with Crippen LogP contribution < -0.4 is 0 Å². The van der Waals surface area contributed by atoms with Crippen molar-refractivity contribution in [1.29, 1.82) is 0 Å². The van der Waals surface area contributed by atoms with Crippen molar-refractivity contribution in [1.82, 2.24) is 4.98 Å². The van der Waals surface area contributed by atoms with Crippen LogP contribution >= 0.6 is 11.6 Å². The Kier molecular flexibility index (Phi) is 5.32. The Morgan fingerprint density at radius 3 is 2.65 bits per heavy atom. The lowest BCUT2D eigenvalue weighted by Gasteiger charge is -2.10. The lowest BCUT2D eigenvalue weighted by atomic mass is 10.0. The number of rotatable bonds is 4. The Bertz CT molecular complexity index is 794. The molecule has 0 saturated carbocycles. The maximum absolute atomic E-state index is 10.1. The zero-order chi connectivity index (χ0) is 17.1. The average molecular weight is 332 g/mol. The van der Waals surface area contributed by atoms with Gasteiger partial charge in [0, 0.05) is 22.5 Å². The van der Waals surface area contributed by atoms with Gasteiger partial charge in [0.15, 0.2) is 0 Å². The first-order valence-electron chi connectivity index (χ1n) is 7.71. The fourth-order valence-corrected chi connectivity index (χ4v) is 2.68. The summed E-state index contributed by atoms with van der Waals surface area (Å²) in [5.74, 6) is 0.457. The molecular formula is C19H22ClNO2. The Balaban J connectivity index is 2.43. The van der Waals surface area contributed by atoms with Crippen molar-refractivity contribution in [2.45, 2.75) is 34.1 Å². The van der Waals surface area contributed by atoms with Gasteiger partial charge in [-0.25, -0.2) is 0 Å². The summed E-state index contributed by atoms with van der Waals surface area (Å²) < 4.78 is 0. The highest BCUT2D eigenvalue weighted by molar-refractivity contribution is 6.37. The van der Waals surface area contributed by atoms with Crippen molar-refractivity contribution in [2.24, 2.45) is 5.92 Å². The fraction of sp³-hybridized carbons (Fsp3) is 0.316. The Morgan fingerprint density at radius 2 is 2.00 bits per heavy atom. The molecule has 0 aliphatic heterocycles. The molecule has 1 aromatic carbocycles. The van der Waals surface area contributed by atoms with Gasteiger partial charge in [-0.2, -0.15) is 0 Å². The number of aromatic nitrogens is 1. The summed E-state index contributed by atoms with van der Waals surface area (Å²) in [6.45, 7) is 8.01. The normalized spacial score (nSPS) is 13.9. The van der Waals surface area contributed by atoms with Gasteiger partial charge < -0.3 is 10.2 Å². The largest absolute Gasteiger partial charge is 0.507 e. The van der Waals surface area contributed by atoms with Crippen LogP contribution in [0.5, 0.6) is 11.5 Å². The van der Waals surface area contributed by atoms with E-state index in [1.807, 2.05) is 12.2 Å². The standard InChI is InChI=1S/C19H22ClNO2/c1-5-11(2)8-12(3)6-7-14-9-15-16(10-21-14)18(22)13(4)19(23)17(15)20/h6-11,22-23H,5H2,1-4H3/b7-6+,12-8+. The second-order valence-corrected chi connectivity index (χ2v) is 6.30. The van der Waals surface area contributed by atoms with E-state index in [4.69, 9.17) is 11.6 Å². The van der Waals surface area contributed by atoms with Crippen LogP contribution in [0.3, 0.4) is 0 Å². The van der Waals surface area contributed by atoms with E-state index < -0.39 is 0 Å². The fourth-order valence-electron chi connectivity index (χ4n) is 2.38. The number of benzene rings is 1. The molecule has 23 heavy (non-hydrogen) atoms. The van der Waals surface area contributed by atoms with E-state index in [2.05, 4.69) is 31.8 Å². The van der Waals surface area contributed by atoms with Crippen LogP contribution in [-0.4, -0.2) is 15.2 Å². The van der Waals surface area contributed by atoms with Gasteiger partial charge in [0.1, 0.15) is 11.5 Å². The predicted molar refractivity (Wildman–Crippen MR) is 97.1 cm³/mol. The predicted octanol–water partition coefficient (Wildman–Crippen LogP) is 5.61. The monoisotopic (exact) mass is 331 g/mol. The number of hydrogen-bond acceptors (Lipinski definition) is 3. The molecule has 0 radical (unpaired) electrons. The number of pyridine rings is 1. The first-order chi connectivity index (χ1) is 10.8. The summed E-state index contributed by atoms with van der Waals surface area (Å²) in [5.41, 5.74) is 2.25. The lowest BCUT2D eigenvalue weighted by Crippen LogP contribution is -1.88. The molecule has 0 saturated heterocycles. The molecule has 0 bridgehead atoms. The zero-order valence-electron chi connectivity index (χ0n) is 13.9. The van der Waals surface area contributed by atoms with E-state index in [0.29, 0.717) is 22.3 Å². The molecule has 2 rings (SSSR count). The molecular weight excluding hydrogens is 310 g/mol. The Hall–Kier alpha value is -2.00. The van der Waals surface area contributed by atoms with Crippen LogP contribution in [0.1, 0.15) is 38.4 Å². The molecule has 4 heteroatoms. The molecule has 0 spiro atoms. The number of hydrogen-bond donors (Lipinski definition) is 2. The Morgan fingerprint density at radius 1 is 1.30 bits per heavy atom. The molecule has 1 atom stereocenters. The van der Waals surface area contributed by atoms with Crippen LogP contribution in [0.15, 0.2) is 30.0 Å². The van der Waals surface area contributed by atoms with Crippen molar-refractivity contribution in [3.8, 4) is 11.5 Å². The van der Waals surface area contributed by atoms with E-state index in [9.17, 15) is 10.2 Å². The molecule has 0 aliphatic carbocycles. The summed E-state index contributed by atoms with van der Waals surface area (Å²) in [7, 11) is 0. The van der Waals surface area contributed by atoms with Crippen LogP contribution in [-0.2, 0) is 0 Å². The first kappa shape index (κ1) is 17.4. The number of aromatic hydroxyl groups is 2. The zero-order valence-corrected chi connectivity index (χ0v) is 14.6. The topological polar surface area (TPSA) is 53.4 Å². The summed E-state index contributed by atoms with van der Waals surface area (Å²) in [6, 6.07) is 1.77. The first-order valence-corrected chi connectivity index (χ1v) is 8.09. The summed E-state index contributed by atoms with van der Waals surface area (Å²) in [5, 5.41) is 21.5. The number of nitrogens with zero attached hydrogens (tertiary/aromatic N) is 1. The highest BCUT2D eigenvalue weighted by atomic mass is 35.5. The van der Waals surface area contributed by atoms with E-state index in [-0.39, 0.29) is 16.5 Å². The molecule has 3 nitrogen and oxygen atoms in total. The summed E-state index contributed by atoms with van der Waals surface area (Å²) in [6.07, 6.45) is 8.80. The smallest absolute Gasteiger partial charge is 0.141 e. The highest BCUT2D eigenvalue weighted by Crippen LogP contribution is 2.41. The minimum Gasteiger partial charge on any atom is -0.507 e. The lowest BCUT2D eigenvalue weighted by molar-refractivity contribution is 0.448. The van der Waals surface area contributed by atoms with Gasteiger partial charge in [-0.3, -0.25) is 4.98 Å². The van der Waals surface area contributed by atoms with Gasteiger partial charge >= 0.3 is 0 Å². The molecule has 0 aliphatic rings. The van der Waals surface area contributed by atoms with Crippen molar-refractivity contribution in [3.63, 3.8) is 0 Å². The third-order valence-electron chi connectivity index (χ3n) is 4.04. The number of phenolic OH excluding ortho intramolecular Hbond substituents is 2. The summed E-state index contributed by atoms with van der Waals surface area (Å²) in [4.78, 5) is 4.34. The van der Waals surface area contributed by atoms with E-state index >= 15 is 0 Å². The third-order valence-corrected chi connectivity index (χ3v) is 4.43. The van der Waals surface area contributed by atoms with Gasteiger partial charge in [-0.05, 0) is 31.9 Å². The van der Waals surface area contributed by atoms with Crippen LogP contribution in [0, 0.1) is 12.8 Å². The van der Waals surface area contributed by atoms with Crippen molar-refractivity contribution >= 4 is 28.4 Å². The number of fused-ring (bicyclic) bond motifs is 1. The van der Waals surface area contributed by atoms with E-state index in [0.717, 1.165) is 12.1 Å². The van der Waals surface area contributed by atoms with E-state index in [1.54, 1.807) is 19.2 Å². The van der Waals surface area contributed by atoms with E-state index in [1.165, 1.54) is 5.57 Å². The maximum atomic E-state index is 10.1. The van der Waals surface area contributed by atoms with Crippen LogP contribution in [0.25, 0.3) is 16.8 Å². The molecule has 1 aromatic heterocycles. The van der Waals surface area contributed by atoms with Crippen LogP contribution in [0.4, 0.5) is 0 Å². The molecule has 1 heterocycles. The third kappa shape index (κ3) is 3.67. The quantitative estimate of drug-likeness (QED) is 0.715. The minimum absolute atomic E-state index is 0.0118. The molecule has 2 aromatic rings. The number of allylic oxidation sites excluding steroid dienone is 3. The second-order valence-electron chi connectivity index (χ2n) is 5.92. The highest BCUT2D eigenvalue weighted by Gasteiger charge is 2.15. The maximum Gasteiger partial charge on any atom is 0.141 e. The second kappa shape index (κ2) is 7.05. The van der Waals surface area contributed by atoms with Crippen molar-refractivity contribution in [3.05, 3.63) is 46.3 Å². The van der Waals surface area contributed by atoms with Crippen molar-refractivity contribution in [2.75, 3.05) is 0 Å². The van der Waals surface area contributed by atoms with Gasteiger partial charge in [0.25, 0.3) is 0 Å². The number of halogens is 1. The van der Waals surface area contributed by atoms with Crippen LogP contribution in [0.2, 0.25) is 5.02 Å². The van der Waals surface area contributed by atoms with Gasteiger partial charge in [-0.1, -0.05) is 49.6 Å². The SMILES string of the molecule is CCC(C)/C=C(C)/C=C/c1cc2c(Cl)c(O)c(C)c(O)c2cn1. The molecule has 122 valence electrons. The van der Waals surface area contributed by atoms with Gasteiger partial charge in [-0.15, -0.1) is 0 Å². The summed E-state index contributed by atoms with van der Waals surface area (Å²) >= 11 is 6.20. The molecule has 2 N–H and O–H groups in total. The minimum atomic E-state index is -0.0920.